The summed E-state index contributed by atoms with van der Waals surface area (Å²) in [6.07, 6.45) is 0. The van der Waals surface area contributed by atoms with Crippen LogP contribution in [0.4, 0.5) is 5.69 Å². The Labute approximate surface area is 98.8 Å². The Hall–Kier alpha value is -1.16. The van der Waals surface area contributed by atoms with E-state index in [1.807, 2.05) is 0 Å². The zero-order valence-electron chi connectivity index (χ0n) is 8.57. The largest absolute Gasteiger partial charge is 0.398 e. The number of nitrogens with two attached hydrogens (primary N) is 1. The summed E-state index contributed by atoms with van der Waals surface area (Å²) in [6.45, 7) is 0. The van der Waals surface area contributed by atoms with E-state index in [-0.39, 0.29) is 16.8 Å². The van der Waals surface area contributed by atoms with Gasteiger partial charge in [0, 0.05) is 5.69 Å². The van der Waals surface area contributed by atoms with Crippen LogP contribution in [0, 0.1) is 0 Å². The van der Waals surface area contributed by atoms with Crippen molar-refractivity contribution in [2.45, 2.75) is 11.5 Å². The van der Waals surface area contributed by atoms with Crippen molar-refractivity contribution < 1.29 is 25.9 Å². The molecule has 0 amide bonds. The Morgan fingerprint density at radius 3 is 2.00 bits per heavy atom. The summed E-state index contributed by atoms with van der Waals surface area (Å²) in [5, 5.41) is 0. The molecule has 1 aromatic carbocycles. The molecule has 0 aliphatic heterocycles. The predicted molar refractivity (Wildman–Crippen MR) is 61.4 cm³/mol. The van der Waals surface area contributed by atoms with Crippen LogP contribution in [-0.4, -0.2) is 25.9 Å². The minimum absolute atomic E-state index is 0.0313. The maximum absolute atomic E-state index is 10.8. The first-order chi connectivity index (χ1) is 7.58. The van der Waals surface area contributed by atoms with E-state index in [2.05, 4.69) is 0 Å². The third kappa shape index (κ3) is 4.69. The first-order valence-corrected chi connectivity index (χ1v) is 7.57. The Morgan fingerprint density at radius 1 is 1.00 bits per heavy atom. The SMILES string of the molecule is Nc1cccc(CS(=O)(=O)O)c1CS(=O)(=O)O. The smallest absolute Gasteiger partial charge is 0.269 e. The van der Waals surface area contributed by atoms with Crippen LogP contribution >= 0.6 is 0 Å². The highest BCUT2D eigenvalue weighted by Crippen LogP contribution is 2.21. The number of benzene rings is 1. The Morgan fingerprint density at radius 2 is 1.53 bits per heavy atom. The van der Waals surface area contributed by atoms with Crippen molar-refractivity contribution in [3.05, 3.63) is 29.3 Å². The average molecular weight is 281 g/mol. The van der Waals surface area contributed by atoms with Gasteiger partial charge in [-0.1, -0.05) is 12.1 Å². The molecule has 0 atom stereocenters. The molecule has 0 heterocycles. The minimum atomic E-state index is -4.33. The molecule has 0 bridgehead atoms. The quantitative estimate of drug-likeness (QED) is 0.524. The van der Waals surface area contributed by atoms with Gasteiger partial charge in [-0.2, -0.15) is 16.8 Å². The van der Waals surface area contributed by atoms with E-state index < -0.39 is 31.7 Å². The number of hydrogen-bond donors (Lipinski definition) is 3. The van der Waals surface area contributed by atoms with Gasteiger partial charge in [0.2, 0.25) is 0 Å². The molecule has 0 saturated carbocycles. The van der Waals surface area contributed by atoms with Gasteiger partial charge in [0.25, 0.3) is 20.2 Å². The van der Waals surface area contributed by atoms with Crippen molar-refractivity contribution in [2.24, 2.45) is 0 Å². The van der Waals surface area contributed by atoms with Gasteiger partial charge in [-0.3, -0.25) is 9.11 Å². The molecule has 0 saturated heterocycles. The van der Waals surface area contributed by atoms with Gasteiger partial charge < -0.3 is 5.73 Å². The molecule has 9 heteroatoms. The standard InChI is InChI=1S/C8H11NO6S2/c9-8-3-1-2-6(4-16(10,11)12)7(8)5-17(13,14)15/h1-3H,4-5,9H2,(H,10,11,12)(H,13,14,15). The molecule has 4 N–H and O–H groups in total. The molecule has 0 aliphatic carbocycles. The van der Waals surface area contributed by atoms with Gasteiger partial charge in [-0.05, 0) is 17.2 Å². The van der Waals surface area contributed by atoms with E-state index in [0.29, 0.717) is 0 Å². The molecular weight excluding hydrogens is 270 g/mol. The molecular formula is C8H11NO6S2. The molecule has 0 spiro atoms. The molecule has 0 aliphatic rings. The third-order valence-electron chi connectivity index (χ3n) is 1.97. The van der Waals surface area contributed by atoms with Crippen LogP contribution in [0.3, 0.4) is 0 Å². The van der Waals surface area contributed by atoms with Gasteiger partial charge in [-0.15, -0.1) is 0 Å². The van der Waals surface area contributed by atoms with Crippen LogP contribution in [0.1, 0.15) is 11.1 Å². The molecule has 1 rings (SSSR count). The highest BCUT2D eigenvalue weighted by Gasteiger charge is 2.17. The predicted octanol–water partition coefficient (Wildman–Crippen LogP) is 0.0444. The molecule has 96 valence electrons. The summed E-state index contributed by atoms with van der Waals surface area (Å²) < 4.78 is 60.4. The number of hydrogen-bond acceptors (Lipinski definition) is 5. The van der Waals surface area contributed by atoms with Gasteiger partial charge >= 0.3 is 0 Å². The highest BCUT2D eigenvalue weighted by atomic mass is 32.2. The van der Waals surface area contributed by atoms with E-state index in [4.69, 9.17) is 14.8 Å². The van der Waals surface area contributed by atoms with Crippen molar-refractivity contribution in [3.63, 3.8) is 0 Å². The minimum Gasteiger partial charge on any atom is -0.398 e. The van der Waals surface area contributed by atoms with E-state index in [1.54, 1.807) is 0 Å². The normalized spacial score (nSPS) is 12.6. The van der Waals surface area contributed by atoms with E-state index in [1.165, 1.54) is 18.2 Å². The van der Waals surface area contributed by atoms with Crippen molar-refractivity contribution >= 4 is 25.9 Å². The number of rotatable bonds is 4. The van der Waals surface area contributed by atoms with E-state index in [9.17, 15) is 16.8 Å². The lowest BCUT2D eigenvalue weighted by molar-refractivity contribution is 0.477. The maximum Gasteiger partial charge on any atom is 0.269 e. The van der Waals surface area contributed by atoms with E-state index >= 15 is 0 Å². The van der Waals surface area contributed by atoms with Gasteiger partial charge in [0.15, 0.2) is 0 Å². The first kappa shape index (κ1) is 13.9. The van der Waals surface area contributed by atoms with Crippen LogP contribution < -0.4 is 5.73 Å². The molecule has 0 unspecified atom stereocenters. The second-order valence-electron chi connectivity index (χ2n) is 3.44. The summed E-state index contributed by atoms with van der Waals surface area (Å²) in [5.74, 6) is -1.56. The molecule has 1 aromatic rings. The fraction of sp³-hybridized carbons (Fsp3) is 0.250. The molecule has 0 aromatic heterocycles. The van der Waals surface area contributed by atoms with Gasteiger partial charge in [-0.25, -0.2) is 0 Å². The summed E-state index contributed by atoms with van der Waals surface area (Å²) in [6, 6.07) is 4.10. The summed E-state index contributed by atoms with van der Waals surface area (Å²) in [7, 11) is -8.64. The van der Waals surface area contributed by atoms with Gasteiger partial charge in [0.1, 0.15) is 11.5 Å². The lowest BCUT2D eigenvalue weighted by Gasteiger charge is -2.09. The zero-order valence-corrected chi connectivity index (χ0v) is 10.2. The number of anilines is 1. The van der Waals surface area contributed by atoms with Crippen molar-refractivity contribution in [1.29, 1.82) is 0 Å². The second-order valence-corrected chi connectivity index (χ2v) is 6.34. The fourth-order valence-corrected chi connectivity index (χ4v) is 2.73. The van der Waals surface area contributed by atoms with Crippen LogP contribution in [0.2, 0.25) is 0 Å². The van der Waals surface area contributed by atoms with Crippen molar-refractivity contribution in [1.82, 2.24) is 0 Å². The zero-order chi connectivity index (χ0) is 13.3. The topological polar surface area (TPSA) is 135 Å². The van der Waals surface area contributed by atoms with Crippen LogP contribution in [0.15, 0.2) is 18.2 Å². The van der Waals surface area contributed by atoms with Crippen LogP contribution in [0.5, 0.6) is 0 Å². The maximum atomic E-state index is 10.8. The van der Waals surface area contributed by atoms with Crippen molar-refractivity contribution in [3.8, 4) is 0 Å². The van der Waals surface area contributed by atoms with Crippen LogP contribution in [0.25, 0.3) is 0 Å². The lowest BCUT2D eigenvalue weighted by Crippen LogP contribution is -2.11. The average Bonchev–Trinajstić information content (AvgIpc) is 2.07. The fourth-order valence-electron chi connectivity index (χ4n) is 1.34. The molecule has 0 radical (unpaired) electrons. The number of nitrogen functional groups attached to an aromatic ring is 1. The van der Waals surface area contributed by atoms with Crippen molar-refractivity contribution in [2.75, 3.05) is 5.73 Å². The van der Waals surface area contributed by atoms with Crippen LogP contribution in [-0.2, 0) is 31.7 Å². The molecule has 0 fully saturated rings. The Bertz CT molecular complexity index is 619. The lowest BCUT2D eigenvalue weighted by atomic mass is 10.1. The molecule has 7 nitrogen and oxygen atoms in total. The monoisotopic (exact) mass is 281 g/mol. The summed E-state index contributed by atoms with van der Waals surface area (Å²) in [4.78, 5) is 0. The van der Waals surface area contributed by atoms with Gasteiger partial charge in [0.05, 0.1) is 0 Å². The second kappa shape index (κ2) is 4.61. The Balaban J connectivity index is 3.27. The summed E-state index contributed by atoms with van der Waals surface area (Å²) in [5.41, 5.74) is 5.52. The third-order valence-corrected chi connectivity index (χ3v) is 3.30. The Kier molecular flexibility index (Phi) is 3.77. The summed E-state index contributed by atoms with van der Waals surface area (Å²) >= 11 is 0. The molecule has 17 heavy (non-hydrogen) atoms. The first-order valence-electron chi connectivity index (χ1n) is 4.35. The highest BCUT2D eigenvalue weighted by molar-refractivity contribution is 7.85. The van der Waals surface area contributed by atoms with E-state index in [0.717, 1.165) is 0 Å².